The van der Waals surface area contributed by atoms with Gasteiger partial charge >= 0.3 is 0 Å². The van der Waals surface area contributed by atoms with Crippen molar-refractivity contribution in [2.24, 2.45) is 0 Å². The number of amides is 1. The van der Waals surface area contributed by atoms with Gasteiger partial charge in [-0.05, 0) is 55.9 Å². The number of nitrogens with one attached hydrogen (secondary N) is 1. The highest BCUT2D eigenvalue weighted by atomic mass is 16.2. The summed E-state index contributed by atoms with van der Waals surface area (Å²) in [6.45, 7) is 3.88. The second kappa shape index (κ2) is 8.77. The van der Waals surface area contributed by atoms with Crippen molar-refractivity contribution in [3.8, 4) is 0 Å². The molecule has 1 N–H and O–H groups in total. The predicted octanol–water partition coefficient (Wildman–Crippen LogP) is 3.36. The van der Waals surface area contributed by atoms with Crippen molar-refractivity contribution in [2.45, 2.75) is 44.7 Å². The van der Waals surface area contributed by atoms with Gasteiger partial charge in [-0.25, -0.2) is 0 Å². The molecule has 0 spiro atoms. The molecule has 1 aromatic carbocycles. The maximum atomic E-state index is 13.1. The van der Waals surface area contributed by atoms with Gasteiger partial charge in [0.2, 0.25) is 5.91 Å². The van der Waals surface area contributed by atoms with Crippen LogP contribution in [-0.2, 0) is 11.2 Å². The van der Waals surface area contributed by atoms with Crippen LogP contribution in [0.25, 0.3) is 0 Å². The Balaban J connectivity index is 1.74. The van der Waals surface area contributed by atoms with Gasteiger partial charge in [0.15, 0.2) is 0 Å². The molecule has 2 heterocycles. The third kappa shape index (κ3) is 4.89. The molecule has 0 bridgehead atoms. The Morgan fingerprint density at radius 3 is 2.44 bits per heavy atom. The molecule has 0 aliphatic carbocycles. The third-order valence-electron chi connectivity index (χ3n) is 4.91. The van der Waals surface area contributed by atoms with Crippen molar-refractivity contribution in [3.05, 3.63) is 66.0 Å². The minimum Gasteiger partial charge on any atom is -0.341 e. The maximum Gasteiger partial charge on any atom is 0.240 e. The van der Waals surface area contributed by atoms with Crippen LogP contribution in [-0.4, -0.2) is 34.9 Å². The molecular weight excluding hydrogens is 310 g/mol. The van der Waals surface area contributed by atoms with Crippen LogP contribution in [0.3, 0.4) is 0 Å². The van der Waals surface area contributed by atoms with E-state index >= 15 is 0 Å². The lowest BCUT2D eigenvalue weighted by Gasteiger charge is -2.32. The van der Waals surface area contributed by atoms with Crippen LogP contribution >= 0.6 is 0 Å². The number of benzene rings is 1. The molecule has 1 amide bonds. The van der Waals surface area contributed by atoms with Gasteiger partial charge in [-0.2, -0.15) is 0 Å². The quantitative estimate of drug-likeness (QED) is 0.879. The van der Waals surface area contributed by atoms with E-state index in [0.29, 0.717) is 6.42 Å². The van der Waals surface area contributed by atoms with Crippen molar-refractivity contribution in [3.63, 3.8) is 0 Å². The Morgan fingerprint density at radius 1 is 1.08 bits per heavy atom. The first kappa shape index (κ1) is 17.6. The summed E-state index contributed by atoms with van der Waals surface area (Å²) in [7, 11) is 0. The minimum atomic E-state index is -0.205. The molecule has 3 rings (SSSR count). The monoisotopic (exact) mass is 337 g/mol. The molecule has 2 unspecified atom stereocenters. The van der Waals surface area contributed by atoms with Gasteiger partial charge in [0.1, 0.15) is 0 Å². The van der Waals surface area contributed by atoms with Crippen molar-refractivity contribution >= 4 is 5.91 Å². The molecule has 0 radical (unpaired) electrons. The Labute approximate surface area is 150 Å². The highest BCUT2D eigenvalue weighted by Gasteiger charge is 2.27. The zero-order chi connectivity index (χ0) is 17.5. The normalized spacial score (nSPS) is 17.1. The average Bonchev–Trinajstić information content (AvgIpc) is 2.69. The SMILES string of the molecule is CC(NC(Cc1ccccc1)C(=O)N1CCCCC1)c1ccncc1. The number of nitrogens with zero attached hydrogens (tertiary/aromatic N) is 2. The Bertz CT molecular complexity index is 653. The number of carbonyl (C=O) groups is 1. The van der Waals surface area contributed by atoms with Crippen LogP contribution in [0.15, 0.2) is 54.9 Å². The molecule has 132 valence electrons. The molecule has 1 aliphatic heterocycles. The number of hydrogen-bond acceptors (Lipinski definition) is 3. The maximum absolute atomic E-state index is 13.1. The number of pyridine rings is 1. The summed E-state index contributed by atoms with van der Waals surface area (Å²) in [5, 5.41) is 3.56. The van der Waals surface area contributed by atoms with Gasteiger partial charge in [0.05, 0.1) is 6.04 Å². The molecule has 1 aromatic heterocycles. The number of rotatable bonds is 6. The van der Waals surface area contributed by atoms with Crippen molar-refractivity contribution in [2.75, 3.05) is 13.1 Å². The topological polar surface area (TPSA) is 45.2 Å². The number of piperidine rings is 1. The van der Waals surface area contributed by atoms with Gasteiger partial charge in [0.25, 0.3) is 0 Å². The van der Waals surface area contributed by atoms with Gasteiger partial charge in [0, 0.05) is 31.5 Å². The fourth-order valence-corrected chi connectivity index (χ4v) is 3.45. The zero-order valence-electron chi connectivity index (χ0n) is 14.9. The first-order valence-electron chi connectivity index (χ1n) is 9.23. The van der Waals surface area contributed by atoms with Gasteiger partial charge < -0.3 is 4.90 Å². The lowest BCUT2D eigenvalue weighted by Crippen LogP contribution is -2.49. The van der Waals surface area contributed by atoms with Crippen molar-refractivity contribution in [1.29, 1.82) is 0 Å². The smallest absolute Gasteiger partial charge is 0.240 e. The number of likely N-dealkylation sites (tertiary alicyclic amines) is 1. The van der Waals surface area contributed by atoms with Gasteiger partial charge in [-0.3, -0.25) is 15.1 Å². The van der Waals surface area contributed by atoms with Crippen LogP contribution in [0.4, 0.5) is 0 Å². The zero-order valence-corrected chi connectivity index (χ0v) is 14.9. The highest BCUT2D eigenvalue weighted by Crippen LogP contribution is 2.17. The van der Waals surface area contributed by atoms with Crippen molar-refractivity contribution < 1.29 is 4.79 Å². The predicted molar refractivity (Wildman–Crippen MR) is 100 cm³/mol. The fourth-order valence-electron chi connectivity index (χ4n) is 3.45. The Hall–Kier alpha value is -2.20. The highest BCUT2D eigenvalue weighted by molar-refractivity contribution is 5.82. The van der Waals surface area contributed by atoms with Crippen LogP contribution in [0.5, 0.6) is 0 Å². The Morgan fingerprint density at radius 2 is 1.76 bits per heavy atom. The second-order valence-electron chi connectivity index (χ2n) is 6.80. The first-order valence-corrected chi connectivity index (χ1v) is 9.23. The first-order chi connectivity index (χ1) is 12.2. The van der Waals surface area contributed by atoms with Crippen LogP contribution in [0, 0.1) is 0 Å². The standard InChI is InChI=1S/C21H27N3O/c1-17(19-10-12-22-13-11-19)23-20(16-18-8-4-2-5-9-18)21(25)24-14-6-3-7-15-24/h2,4-5,8-13,17,20,23H,3,6-7,14-16H2,1H3. The molecule has 0 saturated carbocycles. The Kier molecular flexibility index (Phi) is 6.18. The van der Waals surface area contributed by atoms with Crippen LogP contribution in [0.2, 0.25) is 0 Å². The minimum absolute atomic E-state index is 0.102. The van der Waals surface area contributed by atoms with E-state index in [9.17, 15) is 4.79 Å². The van der Waals surface area contributed by atoms with Gasteiger partial charge in [-0.15, -0.1) is 0 Å². The van der Waals surface area contributed by atoms with E-state index in [1.165, 1.54) is 12.0 Å². The van der Waals surface area contributed by atoms with E-state index in [2.05, 4.69) is 29.4 Å². The van der Waals surface area contributed by atoms with Crippen molar-refractivity contribution in [1.82, 2.24) is 15.2 Å². The van der Waals surface area contributed by atoms with E-state index in [4.69, 9.17) is 0 Å². The summed E-state index contributed by atoms with van der Waals surface area (Å²) in [6.07, 6.45) is 7.77. The lowest BCUT2D eigenvalue weighted by molar-refractivity contribution is -0.134. The number of aromatic nitrogens is 1. The largest absolute Gasteiger partial charge is 0.341 e. The molecule has 4 nitrogen and oxygen atoms in total. The van der Waals surface area contributed by atoms with E-state index in [-0.39, 0.29) is 18.0 Å². The van der Waals surface area contributed by atoms with E-state index in [0.717, 1.165) is 31.5 Å². The molecule has 2 aromatic rings. The molecule has 1 saturated heterocycles. The molecule has 1 fully saturated rings. The summed E-state index contributed by atoms with van der Waals surface area (Å²) in [5.74, 6) is 0.226. The van der Waals surface area contributed by atoms with E-state index in [1.54, 1.807) is 12.4 Å². The third-order valence-corrected chi connectivity index (χ3v) is 4.91. The summed E-state index contributed by atoms with van der Waals surface area (Å²) >= 11 is 0. The van der Waals surface area contributed by atoms with Gasteiger partial charge in [-0.1, -0.05) is 30.3 Å². The summed E-state index contributed by atoms with van der Waals surface area (Å²) in [5.41, 5.74) is 2.34. The molecule has 4 heteroatoms. The average molecular weight is 337 g/mol. The van der Waals surface area contributed by atoms with E-state index < -0.39 is 0 Å². The van der Waals surface area contributed by atoms with Crippen LogP contribution in [0.1, 0.15) is 43.4 Å². The van der Waals surface area contributed by atoms with Crippen LogP contribution < -0.4 is 5.32 Å². The molecule has 25 heavy (non-hydrogen) atoms. The summed E-state index contributed by atoms with van der Waals surface area (Å²) in [4.78, 5) is 19.2. The second-order valence-corrected chi connectivity index (χ2v) is 6.80. The number of carbonyl (C=O) groups excluding carboxylic acids is 1. The summed E-state index contributed by atoms with van der Waals surface area (Å²) < 4.78 is 0. The number of hydrogen-bond donors (Lipinski definition) is 1. The molecule has 1 aliphatic rings. The lowest BCUT2D eigenvalue weighted by atomic mass is 10.0. The molecular formula is C21H27N3O. The fraction of sp³-hybridized carbons (Fsp3) is 0.429. The van der Waals surface area contributed by atoms with E-state index in [1.807, 2.05) is 35.2 Å². The molecule has 2 atom stereocenters. The summed E-state index contributed by atoms with van der Waals surface area (Å²) in [6, 6.07) is 14.2.